The van der Waals surface area contributed by atoms with Crippen molar-refractivity contribution < 1.29 is 18.3 Å². The molecular weight excluding hydrogens is 255 g/mol. The zero-order valence-electron chi connectivity index (χ0n) is 9.72. The fraction of sp³-hybridized carbons (Fsp3) is 0.0714. The molecule has 5 heteroatoms. The Labute approximate surface area is 107 Å². The van der Waals surface area contributed by atoms with Crippen LogP contribution in [0.15, 0.2) is 53.5 Å². The van der Waals surface area contributed by atoms with E-state index in [2.05, 4.69) is 4.99 Å². The average molecular weight is 265 g/mol. The quantitative estimate of drug-likeness (QED) is 0.812. The largest absolute Gasteiger partial charge is 0.508 e. The first-order chi connectivity index (χ1) is 8.95. The normalized spacial score (nSPS) is 11.9. The Kier molecular flexibility index (Phi) is 3.55. The topological polar surface area (TPSA) is 32.6 Å². The summed E-state index contributed by atoms with van der Waals surface area (Å²) in [5.74, 6) is 0.0768. The van der Waals surface area contributed by atoms with Crippen LogP contribution in [0.2, 0.25) is 0 Å². The maximum absolute atomic E-state index is 12.5. The summed E-state index contributed by atoms with van der Waals surface area (Å²) in [5, 5.41) is 9.25. The van der Waals surface area contributed by atoms with E-state index in [1.807, 2.05) is 0 Å². The van der Waals surface area contributed by atoms with Crippen molar-refractivity contribution in [3.05, 3.63) is 59.7 Å². The van der Waals surface area contributed by atoms with E-state index < -0.39 is 11.7 Å². The molecule has 0 spiro atoms. The predicted molar refractivity (Wildman–Crippen MR) is 66.8 cm³/mol. The van der Waals surface area contributed by atoms with Gasteiger partial charge in [0, 0.05) is 6.21 Å². The van der Waals surface area contributed by atoms with Gasteiger partial charge in [0.25, 0.3) is 0 Å². The zero-order valence-corrected chi connectivity index (χ0v) is 9.72. The first-order valence-electron chi connectivity index (χ1n) is 5.45. The number of hydrogen-bond donors (Lipinski definition) is 1. The van der Waals surface area contributed by atoms with Crippen molar-refractivity contribution in [1.29, 1.82) is 0 Å². The van der Waals surface area contributed by atoms with Crippen LogP contribution in [-0.2, 0) is 6.18 Å². The van der Waals surface area contributed by atoms with E-state index in [0.717, 1.165) is 12.1 Å². The van der Waals surface area contributed by atoms with E-state index >= 15 is 0 Å². The number of nitrogens with zero attached hydrogens (tertiary/aromatic N) is 1. The van der Waals surface area contributed by atoms with Crippen molar-refractivity contribution >= 4 is 11.9 Å². The van der Waals surface area contributed by atoms with Crippen LogP contribution in [0, 0.1) is 0 Å². The van der Waals surface area contributed by atoms with Gasteiger partial charge >= 0.3 is 6.18 Å². The van der Waals surface area contributed by atoms with Crippen LogP contribution in [0.4, 0.5) is 18.9 Å². The number of benzene rings is 2. The summed E-state index contributed by atoms with van der Waals surface area (Å²) >= 11 is 0. The molecule has 0 aliphatic rings. The number of alkyl halides is 3. The molecule has 1 N–H and O–H groups in total. The van der Waals surface area contributed by atoms with Crippen LogP contribution >= 0.6 is 0 Å². The number of phenols is 1. The van der Waals surface area contributed by atoms with Gasteiger partial charge in [0.2, 0.25) is 0 Å². The standard InChI is InChI=1S/C14H10F3NO/c15-14(16,17)11-4-2-5-12(8-11)18-9-10-3-1-6-13(19)7-10/h1-9,19H. The summed E-state index contributed by atoms with van der Waals surface area (Å²) in [5.41, 5.74) is 0.0774. The summed E-state index contributed by atoms with van der Waals surface area (Å²) in [6, 6.07) is 11.0. The zero-order chi connectivity index (χ0) is 13.9. The van der Waals surface area contributed by atoms with Gasteiger partial charge in [-0.05, 0) is 35.9 Å². The second-order valence-corrected chi connectivity index (χ2v) is 3.90. The first kappa shape index (κ1) is 13.1. The van der Waals surface area contributed by atoms with Gasteiger partial charge in [0.05, 0.1) is 11.3 Å². The molecule has 0 saturated carbocycles. The van der Waals surface area contributed by atoms with Crippen LogP contribution in [0.1, 0.15) is 11.1 Å². The minimum Gasteiger partial charge on any atom is -0.508 e. The Hall–Kier alpha value is -2.30. The van der Waals surface area contributed by atoms with Crippen LogP contribution in [0.5, 0.6) is 5.75 Å². The van der Waals surface area contributed by atoms with E-state index in [1.165, 1.54) is 30.5 Å². The second-order valence-electron chi connectivity index (χ2n) is 3.90. The fourth-order valence-corrected chi connectivity index (χ4v) is 1.52. The Balaban J connectivity index is 2.24. The number of aliphatic imine (C=N–C) groups is 1. The summed E-state index contributed by atoms with van der Waals surface area (Å²) in [7, 11) is 0. The number of phenolic OH excluding ortho intramolecular Hbond substituents is 1. The maximum Gasteiger partial charge on any atom is 0.416 e. The molecule has 0 radical (unpaired) electrons. The third kappa shape index (κ3) is 3.58. The first-order valence-corrected chi connectivity index (χ1v) is 5.45. The van der Waals surface area contributed by atoms with E-state index in [9.17, 15) is 18.3 Å². The van der Waals surface area contributed by atoms with Gasteiger partial charge in [0.1, 0.15) is 5.75 Å². The highest BCUT2D eigenvalue weighted by Gasteiger charge is 2.30. The molecule has 19 heavy (non-hydrogen) atoms. The summed E-state index contributed by atoms with van der Waals surface area (Å²) in [6.45, 7) is 0. The monoisotopic (exact) mass is 265 g/mol. The van der Waals surface area contributed by atoms with Crippen molar-refractivity contribution in [3.63, 3.8) is 0 Å². The van der Waals surface area contributed by atoms with Crippen LogP contribution < -0.4 is 0 Å². The molecule has 0 amide bonds. The molecule has 0 aliphatic heterocycles. The summed E-state index contributed by atoms with van der Waals surface area (Å²) in [4.78, 5) is 3.96. The molecule has 0 unspecified atom stereocenters. The molecule has 2 aromatic rings. The number of rotatable bonds is 2. The summed E-state index contributed by atoms with van der Waals surface area (Å²) < 4.78 is 37.5. The van der Waals surface area contributed by atoms with Crippen molar-refractivity contribution in [3.8, 4) is 5.75 Å². The van der Waals surface area contributed by atoms with E-state index in [1.54, 1.807) is 12.1 Å². The molecule has 0 atom stereocenters. The van der Waals surface area contributed by atoms with Gasteiger partial charge in [-0.1, -0.05) is 18.2 Å². The molecule has 0 bridgehead atoms. The number of halogens is 3. The van der Waals surface area contributed by atoms with Crippen molar-refractivity contribution in [2.45, 2.75) is 6.18 Å². The lowest BCUT2D eigenvalue weighted by Crippen LogP contribution is -2.03. The molecule has 2 aromatic carbocycles. The second kappa shape index (κ2) is 5.14. The molecule has 2 rings (SSSR count). The minimum absolute atomic E-state index is 0.0768. The van der Waals surface area contributed by atoms with Crippen molar-refractivity contribution in [2.75, 3.05) is 0 Å². The van der Waals surface area contributed by atoms with E-state index in [4.69, 9.17) is 0 Å². The van der Waals surface area contributed by atoms with Gasteiger partial charge in [-0.25, -0.2) is 0 Å². The Morgan fingerprint density at radius 1 is 1.00 bits per heavy atom. The lowest BCUT2D eigenvalue weighted by atomic mass is 10.2. The molecular formula is C14H10F3NO. The van der Waals surface area contributed by atoms with E-state index in [0.29, 0.717) is 5.56 Å². The highest BCUT2D eigenvalue weighted by atomic mass is 19.4. The van der Waals surface area contributed by atoms with E-state index in [-0.39, 0.29) is 11.4 Å². The molecule has 0 aromatic heterocycles. The van der Waals surface area contributed by atoms with Gasteiger partial charge in [-0.3, -0.25) is 4.99 Å². The summed E-state index contributed by atoms with van der Waals surface area (Å²) in [6.07, 6.45) is -2.98. The molecule has 0 heterocycles. The molecule has 0 aliphatic carbocycles. The highest BCUT2D eigenvalue weighted by molar-refractivity contribution is 5.82. The predicted octanol–water partition coefficient (Wildman–Crippen LogP) is 4.16. The third-order valence-electron chi connectivity index (χ3n) is 2.41. The van der Waals surface area contributed by atoms with Crippen LogP contribution in [0.3, 0.4) is 0 Å². The van der Waals surface area contributed by atoms with Crippen molar-refractivity contribution in [2.24, 2.45) is 4.99 Å². The van der Waals surface area contributed by atoms with Crippen molar-refractivity contribution in [1.82, 2.24) is 0 Å². The third-order valence-corrected chi connectivity index (χ3v) is 2.41. The van der Waals surface area contributed by atoms with Crippen LogP contribution in [-0.4, -0.2) is 11.3 Å². The lowest BCUT2D eigenvalue weighted by molar-refractivity contribution is -0.137. The van der Waals surface area contributed by atoms with Gasteiger partial charge in [0.15, 0.2) is 0 Å². The lowest BCUT2D eigenvalue weighted by Gasteiger charge is -2.06. The molecule has 0 fully saturated rings. The average Bonchev–Trinajstić information content (AvgIpc) is 2.36. The SMILES string of the molecule is Oc1cccc(C=Nc2cccc(C(F)(F)F)c2)c1. The Morgan fingerprint density at radius 3 is 2.42 bits per heavy atom. The van der Waals surface area contributed by atoms with Gasteiger partial charge in [-0.2, -0.15) is 13.2 Å². The molecule has 0 saturated heterocycles. The van der Waals surface area contributed by atoms with Gasteiger partial charge < -0.3 is 5.11 Å². The van der Waals surface area contributed by atoms with Gasteiger partial charge in [-0.15, -0.1) is 0 Å². The molecule has 2 nitrogen and oxygen atoms in total. The fourth-order valence-electron chi connectivity index (χ4n) is 1.52. The Morgan fingerprint density at radius 2 is 1.74 bits per heavy atom. The highest BCUT2D eigenvalue weighted by Crippen LogP contribution is 2.31. The van der Waals surface area contributed by atoms with Crippen LogP contribution in [0.25, 0.3) is 0 Å². The number of hydrogen-bond acceptors (Lipinski definition) is 2. The Bertz CT molecular complexity index is 606. The minimum atomic E-state index is -4.38. The smallest absolute Gasteiger partial charge is 0.416 e. The maximum atomic E-state index is 12.5. The number of aromatic hydroxyl groups is 1. The molecule has 98 valence electrons.